The van der Waals surface area contributed by atoms with Crippen molar-refractivity contribution in [3.05, 3.63) is 60.2 Å². The summed E-state index contributed by atoms with van der Waals surface area (Å²) in [5, 5.41) is 9.79. The third kappa shape index (κ3) is 3.10. The van der Waals surface area contributed by atoms with Gasteiger partial charge in [0.1, 0.15) is 11.5 Å². The first-order chi connectivity index (χ1) is 8.63. The van der Waals surface area contributed by atoms with E-state index >= 15 is 0 Å². The molecule has 0 aromatic heterocycles. The largest absolute Gasteiger partial charge is 0.507 e. The molecule has 0 amide bonds. The van der Waals surface area contributed by atoms with Crippen molar-refractivity contribution in [3.8, 4) is 11.5 Å². The second kappa shape index (κ2) is 6.45. The number of Topliss-reactive ketones (excluding diaryl/α,β-unsaturated/α-hetero) is 1. The number of hydrogen-bond acceptors (Lipinski definition) is 3. The predicted octanol–water partition coefficient (Wildman–Crippen LogP) is 3.27. The van der Waals surface area contributed by atoms with Crippen LogP contribution in [-0.2, 0) is 0 Å². The summed E-state index contributed by atoms with van der Waals surface area (Å²) >= 11 is 0. The van der Waals surface area contributed by atoms with Crippen LogP contribution in [-0.4, -0.2) is 18.0 Å². The second-order valence-corrected chi connectivity index (χ2v) is 3.55. The minimum Gasteiger partial charge on any atom is -0.507 e. The number of carbonyl (C=O) groups is 1. The number of ketones is 1. The van der Waals surface area contributed by atoms with Crippen LogP contribution in [0.25, 0.3) is 0 Å². The highest BCUT2D eigenvalue weighted by Gasteiger charge is 2.14. The molecule has 3 nitrogen and oxygen atoms in total. The Balaban J connectivity index is 3.10. The second-order valence-electron chi connectivity index (χ2n) is 3.55. The van der Waals surface area contributed by atoms with Gasteiger partial charge in [0.2, 0.25) is 0 Å². The fourth-order valence-electron chi connectivity index (χ4n) is 1.46. The Kier molecular flexibility index (Phi) is 4.93. The Morgan fingerprint density at radius 2 is 2.17 bits per heavy atom. The molecule has 0 heterocycles. The van der Waals surface area contributed by atoms with Gasteiger partial charge in [-0.05, 0) is 19.1 Å². The molecule has 0 spiro atoms. The normalized spacial score (nSPS) is 11.6. The maximum absolute atomic E-state index is 12.1. The number of phenolic OH excluding ortho intramolecular Hbond substituents is 1. The highest BCUT2D eigenvalue weighted by molar-refractivity contribution is 6.12. The third-order valence-corrected chi connectivity index (χ3v) is 2.43. The first-order valence-corrected chi connectivity index (χ1v) is 5.51. The van der Waals surface area contributed by atoms with Crippen LogP contribution < -0.4 is 4.74 Å². The molecule has 0 bridgehead atoms. The molecule has 0 aliphatic carbocycles. The first-order valence-electron chi connectivity index (χ1n) is 5.51. The van der Waals surface area contributed by atoms with Gasteiger partial charge in [0, 0.05) is 11.6 Å². The number of aromatic hydroxyl groups is 1. The van der Waals surface area contributed by atoms with Gasteiger partial charge in [-0.1, -0.05) is 30.9 Å². The Bertz CT molecular complexity index is 510. The smallest absolute Gasteiger partial charge is 0.196 e. The lowest BCUT2D eigenvalue weighted by Crippen LogP contribution is -2.02. The van der Waals surface area contributed by atoms with Crippen molar-refractivity contribution in [3.63, 3.8) is 0 Å². The van der Waals surface area contributed by atoms with Crippen LogP contribution in [0.1, 0.15) is 17.3 Å². The van der Waals surface area contributed by atoms with Crippen molar-refractivity contribution >= 4 is 5.78 Å². The Hall–Kier alpha value is -2.29. The van der Waals surface area contributed by atoms with E-state index in [0.717, 1.165) is 0 Å². The number of ether oxygens (including phenoxy) is 1. The highest BCUT2D eigenvalue weighted by Crippen LogP contribution is 2.25. The molecule has 1 rings (SSSR count). The molecule has 0 aliphatic rings. The summed E-state index contributed by atoms with van der Waals surface area (Å²) in [5.41, 5.74) is 0.743. The van der Waals surface area contributed by atoms with Gasteiger partial charge < -0.3 is 9.84 Å². The molecule has 94 valence electrons. The summed E-state index contributed by atoms with van der Waals surface area (Å²) < 4.78 is 4.97. The van der Waals surface area contributed by atoms with E-state index in [1.54, 1.807) is 43.4 Å². The van der Waals surface area contributed by atoms with Gasteiger partial charge in [-0.15, -0.1) is 0 Å². The molecule has 0 fully saturated rings. The fraction of sp³-hybridized carbons (Fsp3) is 0.133. The van der Waals surface area contributed by atoms with E-state index in [1.165, 1.54) is 13.2 Å². The number of benzene rings is 1. The number of rotatable bonds is 5. The van der Waals surface area contributed by atoms with E-state index < -0.39 is 0 Å². The summed E-state index contributed by atoms with van der Waals surface area (Å²) in [6, 6.07) is 4.59. The van der Waals surface area contributed by atoms with Crippen LogP contribution in [0.15, 0.2) is 54.7 Å². The molecule has 18 heavy (non-hydrogen) atoms. The Morgan fingerprint density at radius 1 is 1.44 bits per heavy atom. The minimum absolute atomic E-state index is 0.0919. The molecule has 0 saturated heterocycles. The van der Waals surface area contributed by atoms with Gasteiger partial charge in [-0.2, -0.15) is 0 Å². The maximum atomic E-state index is 12.1. The number of hydrogen-bond donors (Lipinski definition) is 1. The van der Waals surface area contributed by atoms with Gasteiger partial charge in [-0.25, -0.2) is 0 Å². The molecule has 1 aromatic rings. The van der Waals surface area contributed by atoms with Gasteiger partial charge in [0.05, 0.1) is 12.7 Å². The topological polar surface area (TPSA) is 46.5 Å². The van der Waals surface area contributed by atoms with Crippen LogP contribution in [0.5, 0.6) is 11.5 Å². The van der Waals surface area contributed by atoms with Crippen LogP contribution >= 0.6 is 0 Å². The molecule has 1 aromatic carbocycles. The van der Waals surface area contributed by atoms with E-state index in [-0.39, 0.29) is 17.1 Å². The van der Waals surface area contributed by atoms with Gasteiger partial charge in [0.25, 0.3) is 0 Å². The van der Waals surface area contributed by atoms with Crippen molar-refractivity contribution in [2.45, 2.75) is 6.92 Å². The van der Waals surface area contributed by atoms with Crippen molar-refractivity contribution in [2.75, 3.05) is 7.11 Å². The zero-order valence-electron chi connectivity index (χ0n) is 10.5. The van der Waals surface area contributed by atoms with Crippen LogP contribution in [0.3, 0.4) is 0 Å². The SMILES string of the molecule is C=C/C=C\C(=C/C)C(=O)c1ccc(OC)cc1O. The average molecular weight is 244 g/mol. The molecule has 3 heteroatoms. The van der Waals surface area contributed by atoms with Crippen molar-refractivity contribution < 1.29 is 14.6 Å². The number of allylic oxidation sites excluding steroid dienone is 5. The molecule has 0 radical (unpaired) electrons. The van der Waals surface area contributed by atoms with E-state index in [1.807, 2.05) is 0 Å². The number of carbonyl (C=O) groups excluding carboxylic acids is 1. The first kappa shape index (κ1) is 13.8. The standard InChI is InChI=1S/C15H16O3/c1-4-6-7-11(5-2)15(17)13-9-8-12(18-3)10-14(13)16/h4-10,16H,1H2,2-3H3/b7-6-,11-5+. The van der Waals surface area contributed by atoms with Gasteiger partial charge >= 0.3 is 0 Å². The van der Waals surface area contributed by atoms with Crippen LogP contribution in [0, 0.1) is 0 Å². The number of methoxy groups -OCH3 is 1. The monoisotopic (exact) mass is 244 g/mol. The minimum atomic E-state index is -0.240. The maximum Gasteiger partial charge on any atom is 0.196 e. The lowest BCUT2D eigenvalue weighted by atomic mass is 10.0. The molecule has 0 atom stereocenters. The Morgan fingerprint density at radius 3 is 2.67 bits per heavy atom. The van der Waals surface area contributed by atoms with Crippen molar-refractivity contribution in [1.29, 1.82) is 0 Å². The molecule has 0 aliphatic heterocycles. The van der Waals surface area contributed by atoms with Crippen LogP contribution in [0.2, 0.25) is 0 Å². The Labute approximate surface area is 107 Å². The summed E-state index contributed by atoms with van der Waals surface area (Å²) in [7, 11) is 1.50. The average Bonchev–Trinajstić information content (AvgIpc) is 2.39. The molecule has 1 N–H and O–H groups in total. The van der Waals surface area contributed by atoms with E-state index in [2.05, 4.69) is 6.58 Å². The lowest BCUT2D eigenvalue weighted by molar-refractivity contribution is 0.103. The zero-order chi connectivity index (χ0) is 13.5. The lowest BCUT2D eigenvalue weighted by Gasteiger charge is -2.06. The predicted molar refractivity (Wildman–Crippen MR) is 72.1 cm³/mol. The summed E-state index contributed by atoms with van der Waals surface area (Å²) in [6.45, 7) is 5.31. The molecule has 0 unspecified atom stereocenters. The quantitative estimate of drug-likeness (QED) is 0.491. The van der Waals surface area contributed by atoms with E-state index in [0.29, 0.717) is 11.3 Å². The van der Waals surface area contributed by atoms with Crippen LogP contribution in [0.4, 0.5) is 0 Å². The molecular formula is C15H16O3. The molecule has 0 saturated carbocycles. The molecular weight excluding hydrogens is 228 g/mol. The summed E-state index contributed by atoms with van der Waals surface area (Å²) in [6.07, 6.45) is 6.60. The van der Waals surface area contributed by atoms with E-state index in [9.17, 15) is 9.90 Å². The van der Waals surface area contributed by atoms with Crippen molar-refractivity contribution in [1.82, 2.24) is 0 Å². The zero-order valence-corrected chi connectivity index (χ0v) is 10.5. The third-order valence-electron chi connectivity index (χ3n) is 2.43. The fourth-order valence-corrected chi connectivity index (χ4v) is 1.46. The van der Waals surface area contributed by atoms with Crippen molar-refractivity contribution in [2.24, 2.45) is 0 Å². The summed E-state index contributed by atoms with van der Waals surface area (Å²) in [5.74, 6) is 0.175. The number of phenols is 1. The van der Waals surface area contributed by atoms with Gasteiger partial charge in [-0.3, -0.25) is 4.79 Å². The van der Waals surface area contributed by atoms with E-state index in [4.69, 9.17) is 4.74 Å². The van der Waals surface area contributed by atoms with Gasteiger partial charge in [0.15, 0.2) is 5.78 Å². The summed E-state index contributed by atoms with van der Waals surface area (Å²) in [4.78, 5) is 12.1. The highest BCUT2D eigenvalue weighted by atomic mass is 16.5.